The Morgan fingerprint density at radius 3 is 2.65 bits per heavy atom. The van der Waals surface area contributed by atoms with E-state index in [2.05, 4.69) is 30.3 Å². The van der Waals surface area contributed by atoms with Crippen LogP contribution in [-0.4, -0.2) is 13.7 Å². The lowest BCUT2D eigenvalue weighted by Crippen LogP contribution is -2.01. The van der Waals surface area contributed by atoms with Crippen molar-refractivity contribution in [2.24, 2.45) is 11.7 Å². The number of rotatable bonds is 3. The molecule has 2 nitrogen and oxygen atoms in total. The van der Waals surface area contributed by atoms with E-state index < -0.39 is 0 Å². The Balaban J connectivity index is 1.97. The largest absolute Gasteiger partial charge is 0.497 e. The zero-order valence-electron chi connectivity index (χ0n) is 10.0. The van der Waals surface area contributed by atoms with Crippen LogP contribution in [0, 0.1) is 5.92 Å². The third-order valence-electron chi connectivity index (χ3n) is 3.72. The number of nitrogens with two attached hydrogens (primary N) is 1. The maximum Gasteiger partial charge on any atom is 0.119 e. The molecule has 0 radical (unpaired) electrons. The smallest absolute Gasteiger partial charge is 0.119 e. The molecule has 0 heterocycles. The molecule has 88 valence electrons. The van der Waals surface area contributed by atoms with Crippen molar-refractivity contribution in [1.29, 1.82) is 0 Å². The predicted octanol–water partition coefficient (Wildman–Crippen LogP) is 2.91. The summed E-state index contributed by atoms with van der Waals surface area (Å²) in [6.07, 6.45) is 1.25. The molecule has 2 atom stereocenters. The van der Waals surface area contributed by atoms with E-state index in [0.29, 0.717) is 11.8 Å². The lowest BCUT2D eigenvalue weighted by Gasteiger charge is -2.05. The van der Waals surface area contributed by atoms with Gasteiger partial charge >= 0.3 is 0 Å². The van der Waals surface area contributed by atoms with E-state index in [1.807, 2.05) is 6.07 Å². The molecule has 2 heteroatoms. The Morgan fingerprint density at radius 1 is 1.18 bits per heavy atom. The van der Waals surface area contributed by atoms with E-state index in [0.717, 1.165) is 12.3 Å². The van der Waals surface area contributed by atoms with Crippen LogP contribution in [0.25, 0.3) is 10.8 Å². The molecule has 2 unspecified atom stereocenters. The van der Waals surface area contributed by atoms with Crippen LogP contribution in [0.1, 0.15) is 17.9 Å². The molecular weight excluding hydrogens is 210 g/mol. The van der Waals surface area contributed by atoms with Crippen LogP contribution < -0.4 is 10.5 Å². The van der Waals surface area contributed by atoms with Gasteiger partial charge in [0.1, 0.15) is 5.75 Å². The minimum atomic E-state index is 0.687. The highest BCUT2D eigenvalue weighted by Crippen LogP contribution is 2.47. The fourth-order valence-electron chi connectivity index (χ4n) is 2.52. The standard InChI is InChI=1S/C15H17NO/c1-17-14-5-4-10-6-12(3-2-11(10)7-14)15-8-13(15)9-16/h2-7,13,15H,8-9,16H2,1H3. The van der Waals surface area contributed by atoms with Crippen LogP contribution in [0.5, 0.6) is 5.75 Å². The highest BCUT2D eigenvalue weighted by molar-refractivity contribution is 5.84. The molecule has 2 aromatic rings. The van der Waals surface area contributed by atoms with Crippen molar-refractivity contribution < 1.29 is 4.74 Å². The van der Waals surface area contributed by atoms with Gasteiger partial charge in [-0.1, -0.05) is 24.3 Å². The van der Waals surface area contributed by atoms with Gasteiger partial charge in [0.25, 0.3) is 0 Å². The highest BCUT2D eigenvalue weighted by Gasteiger charge is 2.36. The summed E-state index contributed by atoms with van der Waals surface area (Å²) in [5.74, 6) is 2.30. The first kappa shape index (κ1) is 10.6. The highest BCUT2D eigenvalue weighted by atomic mass is 16.5. The van der Waals surface area contributed by atoms with E-state index in [9.17, 15) is 0 Å². The van der Waals surface area contributed by atoms with Crippen molar-refractivity contribution in [3.8, 4) is 5.75 Å². The van der Waals surface area contributed by atoms with E-state index in [-0.39, 0.29) is 0 Å². The summed E-state index contributed by atoms with van der Waals surface area (Å²) in [7, 11) is 1.70. The van der Waals surface area contributed by atoms with Gasteiger partial charge in [-0.05, 0) is 53.3 Å². The van der Waals surface area contributed by atoms with Gasteiger partial charge < -0.3 is 10.5 Å². The van der Waals surface area contributed by atoms with Crippen LogP contribution in [0.3, 0.4) is 0 Å². The van der Waals surface area contributed by atoms with E-state index in [1.165, 1.54) is 22.8 Å². The second kappa shape index (κ2) is 4.04. The maximum atomic E-state index is 5.70. The molecule has 2 N–H and O–H groups in total. The van der Waals surface area contributed by atoms with Gasteiger partial charge in [0.05, 0.1) is 7.11 Å². The van der Waals surface area contributed by atoms with Crippen LogP contribution in [0.2, 0.25) is 0 Å². The molecule has 2 aromatic carbocycles. The third-order valence-corrected chi connectivity index (χ3v) is 3.72. The monoisotopic (exact) mass is 227 g/mol. The number of benzene rings is 2. The predicted molar refractivity (Wildman–Crippen MR) is 70.4 cm³/mol. The third kappa shape index (κ3) is 1.89. The van der Waals surface area contributed by atoms with Crippen molar-refractivity contribution >= 4 is 10.8 Å². The van der Waals surface area contributed by atoms with Gasteiger partial charge in [0, 0.05) is 0 Å². The summed E-state index contributed by atoms with van der Waals surface area (Å²) in [5, 5.41) is 2.52. The van der Waals surface area contributed by atoms with E-state index in [1.54, 1.807) is 7.11 Å². The first-order valence-electron chi connectivity index (χ1n) is 6.09. The first-order valence-corrected chi connectivity index (χ1v) is 6.09. The Kier molecular flexibility index (Phi) is 2.52. The van der Waals surface area contributed by atoms with Crippen molar-refractivity contribution in [3.05, 3.63) is 42.0 Å². The second-order valence-electron chi connectivity index (χ2n) is 4.81. The summed E-state index contributed by atoms with van der Waals surface area (Å²) in [5.41, 5.74) is 7.12. The fourth-order valence-corrected chi connectivity index (χ4v) is 2.52. The normalized spacial score (nSPS) is 22.7. The maximum absolute atomic E-state index is 5.70. The summed E-state index contributed by atoms with van der Waals surface area (Å²) in [6, 6.07) is 12.9. The average Bonchev–Trinajstić information content (AvgIpc) is 3.17. The average molecular weight is 227 g/mol. The molecule has 0 bridgehead atoms. The van der Waals surface area contributed by atoms with Gasteiger partial charge in [0.2, 0.25) is 0 Å². The van der Waals surface area contributed by atoms with Crippen molar-refractivity contribution in [2.45, 2.75) is 12.3 Å². The molecule has 1 fully saturated rings. The number of hydrogen-bond acceptors (Lipinski definition) is 2. The zero-order chi connectivity index (χ0) is 11.8. The van der Waals surface area contributed by atoms with Crippen LogP contribution in [-0.2, 0) is 0 Å². The van der Waals surface area contributed by atoms with Crippen LogP contribution in [0.4, 0.5) is 0 Å². The van der Waals surface area contributed by atoms with Gasteiger partial charge in [0.15, 0.2) is 0 Å². The van der Waals surface area contributed by atoms with Gasteiger partial charge in [-0.2, -0.15) is 0 Å². The molecule has 1 aliphatic rings. The molecule has 1 aliphatic carbocycles. The van der Waals surface area contributed by atoms with Gasteiger partial charge in [-0.15, -0.1) is 0 Å². The van der Waals surface area contributed by atoms with Crippen molar-refractivity contribution in [3.63, 3.8) is 0 Å². The SMILES string of the molecule is COc1ccc2cc(C3CC3CN)ccc2c1. The molecule has 0 aliphatic heterocycles. The summed E-state index contributed by atoms with van der Waals surface area (Å²) < 4.78 is 5.23. The van der Waals surface area contributed by atoms with Crippen LogP contribution >= 0.6 is 0 Å². The minimum Gasteiger partial charge on any atom is -0.497 e. The quantitative estimate of drug-likeness (QED) is 0.875. The Bertz CT molecular complexity index is 550. The van der Waals surface area contributed by atoms with Crippen LogP contribution in [0.15, 0.2) is 36.4 Å². The second-order valence-corrected chi connectivity index (χ2v) is 4.81. The number of hydrogen-bond donors (Lipinski definition) is 1. The zero-order valence-corrected chi connectivity index (χ0v) is 10.0. The van der Waals surface area contributed by atoms with E-state index >= 15 is 0 Å². The van der Waals surface area contributed by atoms with Crippen molar-refractivity contribution in [2.75, 3.05) is 13.7 Å². The molecule has 0 spiro atoms. The molecule has 0 aromatic heterocycles. The minimum absolute atomic E-state index is 0.687. The van der Waals surface area contributed by atoms with E-state index in [4.69, 9.17) is 10.5 Å². The molecule has 0 saturated heterocycles. The molecule has 17 heavy (non-hydrogen) atoms. The van der Waals surface area contributed by atoms with Crippen molar-refractivity contribution in [1.82, 2.24) is 0 Å². The number of methoxy groups -OCH3 is 1. The summed E-state index contributed by atoms with van der Waals surface area (Å²) >= 11 is 0. The Labute approximate surface area is 101 Å². The fraction of sp³-hybridized carbons (Fsp3) is 0.333. The lowest BCUT2D eigenvalue weighted by atomic mass is 10.0. The summed E-state index contributed by atoms with van der Waals surface area (Å²) in [6.45, 7) is 0.811. The summed E-state index contributed by atoms with van der Waals surface area (Å²) in [4.78, 5) is 0. The van der Waals surface area contributed by atoms with Gasteiger partial charge in [-0.3, -0.25) is 0 Å². The number of fused-ring (bicyclic) bond motifs is 1. The molecule has 3 rings (SSSR count). The Hall–Kier alpha value is -1.54. The van der Waals surface area contributed by atoms with Gasteiger partial charge in [-0.25, -0.2) is 0 Å². The molecule has 1 saturated carbocycles. The first-order chi connectivity index (χ1) is 8.31. The number of ether oxygens (including phenoxy) is 1. The lowest BCUT2D eigenvalue weighted by molar-refractivity contribution is 0.415. The molecule has 0 amide bonds. The molecular formula is C15H17NO. The topological polar surface area (TPSA) is 35.2 Å². The Morgan fingerprint density at radius 2 is 1.94 bits per heavy atom.